The summed E-state index contributed by atoms with van der Waals surface area (Å²) in [5.41, 5.74) is 16.4. The Morgan fingerprint density at radius 2 is 0.746 bits per heavy atom. The zero-order valence-electron chi connectivity index (χ0n) is 36.2. The molecule has 4 nitrogen and oxygen atoms in total. The minimum Gasteiger partial charge on any atom is -0.311 e. The molecule has 0 heterocycles. The van der Waals surface area contributed by atoms with E-state index in [4.69, 9.17) is 6.57 Å². The number of rotatable bonds is 6. The van der Waals surface area contributed by atoms with Crippen molar-refractivity contribution < 1.29 is 0 Å². The summed E-state index contributed by atoms with van der Waals surface area (Å²) in [5.74, 6) is 0. The highest BCUT2D eigenvalue weighted by atomic mass is 15.1. The van der Waals surface area contributed by atoms with Crippen molar-refractivity contribution in [3.8, 4) is 28.3 Å². The number of hydrogen-bond donors (Lipinski definition) is 0. The summed E-state index contributed by atoms with van der Waals surface area (Å²) in [4.78, 5) is 8.32. The van der Waals surface area contributed by atoms with Gasteiger partial charge in [-0.05, 0) is 174 Å². The molecule has 0 radical (unpaired) electrons. The number of fused-ring (bicyclic) bond motifs is 16. The van der Waals surface area contributed by atoms with Crippen LogP contribution in [0.1, 0.15) is 27.8 Å². The monoisotopic (exact) mass is 850 g/mol. The molecule has 0 saturated carbocycles. The largest absolute Gasteiger partial charge is 0.311 e. The maximum Gasteiger partial charge on any atom is 0.187 e. The van der Waals surface area contributed by atoms with Crippen LogP contribution in [0.15, 0.2) is 231 Å². The molecule has 310 valence electrons. The topological polar surface area (TPSA) is 34.6 Å². The van der Waals surface area contributed by atoms with Crippen molar-refractivity contribution in [3.05, 3.63) is 270 Å². The molecule has 13 rings (SSSR count). The molecule has 0 saturated heterocycles. The number of nitriles is 1. The Morgan fingerprint density at radius 1 is 0.343 bits per heavy atom. The van der Waals surface area contributed by atoms with Crippen LogP contribution < -0.4 is 9.80 Å². The summed E-state index contributed by atoms with van der Waals surface area (Å²) in [5, 5.41) is 17.2. The lowest BCUT2D eigenvalue weighted by Gasteiger charge is -2.33. The van der Waals surface area contributed by atoms with Crippen LogP contribution in [0.25, 0.3) is 59.4 Å². The number of hydrogen-bond acceptors (Lipinski definition) is 3. The number of benzene rings is 11. The molecule has 1 atom stereocenters. The molecule has 0 aromatic heterocycles. The molecular formula is C63H38N4. The maximum absolute atomic E-state index is 9.77. The molecule has 0 amide bonds. The van der Waals surface area contributed by atoms with Gasteiger partial charge >= 0.3 is 0 Å². The van der Waals surface area contributed by atoms with E-state index in [0.29, 0.717) is 11.3 Å². The molecule has 67 heavy (non-hydrogen) atoms. The number of nitrogens with zero attached hydrogens (tertiary/aromatic N) is 4. The van der Waals surface area contributed by atoms with Gasteiger partial charge in [-0.1, -0.05) is 133 Å². The van der Waals surface area contributed by atoms with Crippen LogP contribution in [0.5, 0.6) is 0 Å². The van der Waals surface area contributed by atoms with Gasteiger partial charge in [-0.3, -0.25) is 0 Å². The van der Waals surface area contributed by atoms with Gasteiger partial charge in [0.05, 0.1) is 23.6 Å². The first-order valence-corrected chi connectivity index (χ1v) is 22.6. The van der Waals surface area contributed by atoms with Crippen LogP contribution in [0.2, 0.25) is 0 Å². The van der Waals surface area contributed by atoms with Crippen LogP contribution in [-0.2, 0) is 5.41 Å². The van der Waals surface area contributed by atoms with Crippen molar-refractivity contribution >= 4 is 72.1 Å². The maximum atomic E-state index is 9.77. The lowest BCUT2D eigenvalue weighted by atomic mass is 9.70. The lowest BCUT2D eigenvalue weighted by molar-refractivity contribution is 0.795. The van der Waals surface area contributed by atoms with Crippen LogP contribution in [-0.4, -0.2) is 0 Å². The van der Waals surface area contributed by atoms with Gasteiger partial charge in [0, 0.05) is 34.1 Å². The molecule has 2 aliphatic rings. The fourth-order valence-corrected chi connectivity index (χ4v) is 11.2. The number of anilines is 6. The van der Waals surface area contributed by atoms with E-state index in [1.807, 2.05) is 54.6 Å². The van der Waals surface area contributed by atoms with Crippen LogP contribution >= 0.6 is 0 Å². The predicted octanol–water partition coefficient (Wildman–Crippen LogP) is 16.9. The zero-order chi connectivity index (χ0) is 44.6. The molecule has 4 heteroatoms. The second-order valence-electron chi connectivity index (χ2n) is 17.4. The highest BCUT2D eigenvalue weighted by Gasteiger charge is 2.52. The van der Waals surface area contributed by atoms with Crippen molar-refractivity contribution in [1.29, 1.82) is 5.26 Å². The summed E-state index contributed by atoms with van der Waals surface area (Å²) in [6, 6.07) is 84.8. The molecular weight excluding hydrogens is 813 g/mol. The zero-order valence-corrected chi connectivity index (χ0v) is 36.2. The average molecular weight is 851 g/mol. The molecule has 0 fully saturated rings. The van der Waals surface area contributed by atoms with Crippen molar-refractivity contribution in [2.24, 2.45) is 0 Å². The van der Waals surface area contributed by atoms with E-state index in [1.54, 1.807) is 0 Å². The van der Waals surface area contributed by atoms with Gasteiger partial charge in [0.15, 0.2) is 5.69 Å². The molecule has 2 aliphatic carbocycles. The van der Waals surface area contributed by atoms with Crippen molar-refractivity contribution in [2.45, 2.75) is 5.41 Å². The van der Waals surface area contributed by atoms with E-state index in [9.17, 15) is 5.26 Å². The number of para-hydroxylation sites is 2. The SMILES string of the molecule is [C-]#[N+]c1ccc(N(c2ccccc2)c2ccc3c(c2)C2(c4ccccc4-c4cc5c6ccccc6c6ccccc6c5cc42)c2cc(N(c4ccccc4)c4ccc(C#N)cc4)ccc2-3)cc1. The van der Waals surface area contributed by atoms with Gasteiger partial charge in [-0.25, -0.2) is 4.85 Å². The van der Waals surface area contributed by atoms with Gasteiger partial charge in [0.25, 0.3) is 0 Å². The predicted molar refractivity (Wildman–Crippen MR) is 276 cm³/mol. The van der Waals surface area contributed by atoms with Crippen molar-refractivity contribution in [1.82, 2.24) is 0 Å². The summed E-state index contributed by atoms with van der Waals surface area (Å²) < 4.78 is 0. The Hall–Kier alpha value is -9.22. The third-order valence-electron chi connectivity index (χ3n) is 14.0. The van der Waals surface area contributed by atoms with E-state index < -0.39 is 5.41 Å². The first kappa shape index (κ1) is 38.3. The van der Waals surface area contributed by atoms with Crippen molar-refractivity contribution in [3.63, 3.8) is 0 Å². The Bertz CT molecular complexity index is 3730. The smallest absolute Gasteiger partial charge is 0.187 e. The molecule has 11 aromatic rings. The minimum absolute atomic E-state index is 0.605. The first-order chi connectivity index (χ1) is 33.1. The molecule has 11 aromatic carbocycles. The van der Waals surface area contributed by atoms with E-state index in [2.05, 4.69) is 197 Å². The second-order valence-corrected chi connectivity index (χ2v) is 17.4. The van der Waals surface area contributed by atoms with Gasteiger partial charge in [0.1, 0.15) is 0 Å². The highest BCUT2D eigenvalue weighted by molar-refractivity contribution is 6.26. The third-order valence-corrected chi connectivity index (χ3v) is 14.0. The molecule has 0 N–H and O–H groups in total. The first-order valence-electron chi connectivity index (χ1n) is 22.6. The Balaban J connectivity index is 1.14. The lowest BCUT2D eigenvalue weighted by Crippen LogP contribution is -2.26. The van der Waals surface area contributed by atoms with Crippen molar-refractivity contribution in [2.75, 3.05) is 9.80 Å². The quantitative estimate of drug-likeness (QED) is 0.123. The van der Waals surface area contributed by atoms with Crippen LogP contribution in [0.4, 0.5) is 39.8 Å². The highest BCUT2D eigenvalue weighted by Crippen LogP contribution is 2.65. The second kappa shape index (κ2) is 14.9. The van der Waals surface area contributed by atoms with Gasteiger partial charge in [-0.2, -0.15) is 5.26 Å². The average Bonchev–Trinajstić information content (AvgIpc) is 3.85. The Morgan fingerprint density at radius 3 is 1.27 bits per heavy atom. The summed E-state index contributed by atoms with van der Waals surface area (Å²) in [6.45, 7) is 7.70. The summed E-state index contributed by atoms with van der Waals surface area (Å²) in [6.07, 6.45) is 0. The summed E-state index contributed by atoms with van der Waals surface area (Å²) >= 11 is 0. The van der Waals surface area contributed by atoms with Crippen LogP contribution in [0.3, 0.4) is 0 Å². The van der Waals surface area contributed by atoms with E-state index in [0.717, 1.165) is 34.1 Å². The fraction of sp³-hybridized carbons (Fsp3) is 0.0159. The van der Waals surface area contributed by atoms with Gasteiger partial charge < -0.3 is 9.80 Å². The van der Waals surface area contributed by atoms with E-state index in [1.165, 1.54) is 76.8 Å². The standard InChI is InChI=1S/C63H38N4/c1-65-42-26-30-46(31-27-42)67(44-16-6-3-7-17-44)48-33-35-55-54-34-32-47(66(43-14-4-2-5-15-43)45-28-24-41(40-64)25-29-45)36-60(54)63(61(55)37-48)59-23-13-12-22-53(59)58-38-56-51-20-10-8-18-49(51)50-19-9-11-21-52(50)57(56)39-62(58)63/h2-39H. The third kappa shape index (κ3) is 5.64. The Kier molecular flexibility index (Phi) is 8.52. The van der Waals surface area contributed by atoms with E-state index >= 15 is 0 Å². The molecule has 0 aliphatic heterocycles. The van der Waals surface area contributed by atoms with Gasteiger partial charge in [0.2, 0.25) is 0 Å². The Labute approximate surface area is 388 Å². The van der Waals surface area contributed by atoms with Gasteiger partial charge in [-0.15, -0.1) is 0 Å². The van der Waals surface area contributed by atoms with Crippen LogP contribution in [0, 0.1) is 17.9 Å². The molecule has 0 bridgehead atoms. The molecule has 1 spiro atoms. The van der Waals surface area contributed by atoms with E-state index in [-0.39, 0.29) is 0 Å². The summed E-state index contributed by atoms with van der Waals surface area (Å²) in [7, 11) is 0. The minimum atomic E-state index is -0.715. The molecule has 1 unspecified atom stereocenters. The fourth-order valence-electron chi connectivity index (χ4n) is 11.2. The normalized spacial score (nSPS) is 14.0.